The van der Waals surface area contributed by atoms with Crippen LogP contribution in [0.25, 0.3) is 0 Å². The fourth-order valence-corrected chi connectivity index (χ4v) is 4.72. The number of hydrogen-bond donors (Lipinski definition) is 0. The summed E-state index contributed by atoms with van der Waals surface area (Å²) in [5.41, 5.74) is 0. The van der Waals surface area contributed by atoms with Crippen molar-refractivity contribution in [3.8, 4) is 0 Å². The number of hydrogen-bond acceptors (Lipinski definition) is 3. The maximum absolute atomic E-state index is 4.22. The van der Waals surface area contributed by atoms with Gasteiger partial charge in [0.15, 0.2) is 0 Å². The zero-order chi connectivity index (χ0) is 11.8. The molecule has 3 atom stereocenters. The second kappa shape index (κ2) is 4.63. The fraction of sp³-hybridized carbons (Fsp3) is 0.846. The zero-order valence-electron chi connectivity index (χ0n) is 10.7. The third-order valence-corrected chi connectivity index (χ3v) is 5.76. The Hall–Kier alpha value is -0.510. The Bertz CT molecular complexity index is 401. The maximum atomic E-state index is 4.22. The summed E-state index contributed by atoms with van der Waals surface area (Å²) in [5.74, 6) is 7.60. The Labute approximate surface area is 107 Å². The third kappa shape index (κ3) is 2.24. The molecular formula is C13H21N3S. The normalized spacial score (nSPS) is 31.3. The van der Waals surface area contributed by atoms with E-state index in [0.717, 1.165) is 35.2 Å². The number of aromatic nitrogens is 3. The molecule has 4 heteroatoms. The lowest BCUT2D eigenvalue weighted by Crippen LogP contribution is -2.13. The first-order valence-corrected chi connectivity index (χ1v) is 7.82. The third-order valence-electron chi connectivity index (χ3n) is 4.63. The van der Waals surface area contributed by atoms with Gasteiger partial charge in [-0.2, -0.15) is 11.8 Å². The van der Waals surface area contributed by atoms with Crippen molar-refractivity contribution in [1.82, 2.24) is 14.8 Å². The number of thioether (sulfide) groups is 1. The smallest absolute Gasteiger partial charge is 0.142 e. The Morgan fingerprint density at radius 2 is 2.18 bits per heavy atom. The quantitative estimate of drug-likeness (QED) is 0.824. The van der Waals surface area contributed by atoms with Gasteiger partial charge in [-0.25, -0.2) is 0 Å². The average Bonchev–Trinajstić information content (AvgIpc) is 3.00. The standard InChI is InChI=1S/C13H21N3S/c1-9-14-15-13(16(9)2)8-17-7-12-6-10-3-4-11(12)5-10/h10-12H,3-8H2,1-2H3/t10-,11-,12+/m0/s1. The topological polar surface area (TPSA) is 30.7 Å². The number of aryl methyl sites for hydroxylation is 1. The summed E-state index contributed by atoms with van der Waals surface area (Å²) in [7, 11) is 2.06. The van der Waals surface area contributed by atoms with E-state index in [9.17, 15) is 0 Å². The van der Waals surface area contributed by atoms with Gasteiger partial charge >= 0.3 is 0 Å². The van der Waals surface area contributed by atoms with Crippen molar-refractivity contribution in [3.05, 3.63) is 11.6 Å². The first-order valence-electron chi connectivity index (χ1n) is 6.66. The van der Waals surface area contributed by atoms with Crippen molar-refractivity contribution in [2.45, 2.75) is 38.4 Å². The van der Waals surface area contributed by atoms with Crippen LogP contribution in [-0.4, -0.2) is 20.5 Å². The maximum Gasteiger partial charge on any atom is 0.142 e. The number of nitrogens with zero attached hydrogens (tertiary/aromatic N) is 3. The summed E-state index contributed by atoms with van der Waals surface area (Å²) in [6, 6.07) is 0. The summed E-state index contributed by atoms with van der Waals surface area (Å²) >= 11 is 2.05. The Morgan fingerprint density at radius 1 is 1.29 bits per heavy atom. The van der Waals surface area contributed by atoms with E-state index >= 15 is 0 Å². The summed E-state index contributed by atoms with van der Waals surface area (Å²) in [6.07, 6.45) is 6.02. The van der Waals surface area contributed by atoms with Crippen molar-refractivity contribution in [3.63, 3.8) is 0 Å². The van der Waals surface area contributed by atoms with Crippen molar-refractivity contribution in [2.75, 3.05) is 5.75 Å². The van der Waals surface area contributed by atoms with Crippen LogP contribution in [0.1, 0.15) is 37.3 Å². The molecule has 0 saturated heterocycles. The van der Waals surface area contributed by atoms with Gasteiger partial charge in [0.25, 0.3) is 0 Å². The minimum atomic E-state index is 0.994. The van der Waals surface area contributed by atoms with Crippen LogP contribution in [0, 0.1) is 24.7 Å². The van der Waals surface area contributed by atoms with Gasteiger partial charge in [0.2, 0.25) is 0 Å². The molecule has 0 spiro atoms. The number of fused-ring (bicyclic) bond motifs is 2. The first-order chi connectivity index (χ1) is 8.24. The minimum absolute atomic E-state index is 0.994. The van der Waals surface area contributed by atoms with Gasteiger partial charge in [-0.1, -0.05) is 6.42 Å². The van der Waals surface area contributed by atoms with Crippen molar-refractivity contribution < 1.29 is 0 Å². The summed E-state index contributed by atoms with van der Waals surface area (Å²) in [4.78, 5) is 0. The highest BCUT2D eigenvalue weighted by molar-refractivity contribution is 7.98. The highest BCUT2D eigenvalue weighted by Gasteiger charge is 2.38. The molecule has 1 heterocycles. The van der Waals surface area contributed by atoms with Gasteiger partial charge in [-0.05, 0) is 49.7 Å². The average molecular weight is 251 g/mol. The Balaban J connectivity index is 1.48. The zero-order valence-corrected chi connectivity index (χ0v) is 11.5. The van der Waals surface area contributed by atoms with Crippen molar-refractivity contribution in [1.29, 1.82) is 0 Å². The van der Waals surface area contributed by atoms with Gasteiger partial charge in [0.1, 0.15) is 11.6 Å². The molecule has 0 N–H and O–H groups in total. The molecule has 3 nitrogen and oxygen atoms in total. The molecule has 17 heavy (non-hydrogen) atoms. The van der Waals surface area contributed by atoms with E-state index in [1.54, 1.807) is 0 Å². The van der Waals surface area contributed by atoms with Crippen LogP contribution in [0.2, 0.25) is 0 Å². The molecule has 2 bridgehead atoms. The van der Waals surface area contributed by atoms with E-state index < -0.39 is 0 Å². The molecule has 0 aliphatic heterocycles. The number of rotatable bonds is 4. The molecule has 1 aromatic rings. The van der Waals surface area contributed by atoms with Crippen LogP contribution < -0.4 is 0 Å². The minimum Gasteiger partial charge on any atom is -0.318 e. The lowest BCUT2D eigenvalue weighted by Gasteiger charge is -2.20. The molecule has 2 aliphatic carbocycles. The summed E-state index contributed by atoms with van der Waals surface area (Å²) in [6.45, 7) is 2.01. The van der Waals surface area contributed by atoms with Crippen LogP contribution in [0.3, 0.4) is 0 Å². The molecule has 94 valence electrons. The predicted molar refractivity (Wildman–Crippen MR) is 70.8 cm³/mol. The van der Waals surface area contributed by atoms with Gasteiger partial charge in [0.05, 0.1) is 5.75 Å². The van der Waals surface area contributed by atoms with Crippen LogP contribution in [-0.2, 0) is 12.8 Å². The molecule has 2 aliphatic rings. The fourth-order valence-electron chi connectivity index (χ4n) is 3.46. The molecule has 1 aromatic heterocycles. The molecule has 2 fully saturated rings. The molecule has 2 saturated carbocycles. The van der Waals surface area contributed by atoms with Crippen LogP contribution >= 0.6 is 11.8 Å². The highest BCUT2D eigenvalue weighted by atomic mass is 32.2. The van der Waals surface area contributed by atoms with Gasteiger partial charge in [0, 0.05) is 7.05 Å². The van der Waals surface area contributed by atoms with Crippen molar-refractivity contribution >= 4 is 11.8 Å². The lowest BCUT2D eigenvalue weighted by atomic mass is 9.90. The van der Waals surface area contributed by atoms with E-state index in [2.05, 4.69) is 21.8 Å². The Kier molecular flexibility index (Phi) is 3.16. The predicted octanol–water partition coefficient (Wildman–Crippen LogP) is 2.79. The molecule has 0 amide bonds. The second-order valence-corrected chi connectivity index (χ2v) is 6.70. The largest absolute Gasteiger partial charge is 0.318 e. The first kappa shape index (κ1) is 11.6. The van der Waals surface area contributed by atoms with E-state index in [1.165, 1.54) is 31.4 Å². The lowest BCUT2D eigenvalue weighted by molar-refractivity contribution is 0.365. The molecule has 0 radical (unpaired) electrons. The van der Waals surface area contributed by atoms with Crippen LogP contribution in [0.5, 0.6) is 0 Å². The van der Waals surface area contributed by atoms with E-state index in [1.807, 2.05) is 18.7 Å². The molecule has 0 aromatic carbocycles. The molecular weight excluding hydrogens is 230 g/mol. The van der Waals surface area contributed by atoms with Crippen LogP contribution in [0.15, 0.2) is 0 Å². The van der Waals surface area contributed by atoms with E-state index in [4.69, 9.17) is 0 Å². The van der Waals surface area contributed by atoms with Crippen LogP contribution in [0.4, 0.5) is 0 Å². The monoisotopic (exact) mass is 251 g/mol. The SMILES string of the molecule is Cc1nnc(CSC[C@H]2C[C@H]3CC[C@H]2C3)n1C. The van der Waals surface area contributed by atoms with Gasteiger partial charge < -0.3 is 4.57 Å². The highest BCUT2D eigenvalue weighted by Crippen LogP contribution is 2.49. The second-order valence-electron chi connectivity index (χ2n) is 5.67. The van der Waals surface area contributed by atoms with E-state index in [0.29, 0.717) is 0 Å². The van der Waals surface area contributed by atoms with E-state index in [-0.39, 0.29) is 0 Å². The summed E-state index contributed by atoms with van der Waals surface area (Å²) < 4.78 is 2.10. The molecule has 0 unspecified atom stereocenters. The van der Waals surface area contributed by atoms with Gasteiger partial charge in [-0.3, -0.25) is 0 Å². The van der Waals surface area contributed by atoms with Gasteiger partial charge in [-0.15, -0.1) is 10.2 Å². The Morgan fingerprint density at radius 3 is 2.76 bits per heavy atom. The molecule has 3 rings (SSSR count). The van der Waals surface area contributed by atoms with Crippen molar-refractivity contribution in [2.24, 2.45) is 24.8 Å². The summed E-state index contributed by atoms with van der Waals surface area (Å²) in [5, 5.41) is 8.32.